The molecule has 4 rings (SSSR count). The van der Waals surface area contributed by atoms with E-state index >= 15 is 0 Å². The SMILES string of the molecule is CC(C)(C)OC(=O)NC1CCN(CCCN2c3ccccc3N(c3ccccc3F)S2(=O)=O)CC1. The van der Waals surface area contributed by atoms with Crippen molar-refractivity contribution in [2.75, 3.05) is 34.8 Å². The molecule has 2 heterocycles. The Morgan fingerprint density at radius 3 is 2.23 bits per heavy atom. The van der Waals surface area contributed by atoms with Gasteiger partial charge in [-0.3, -0.25) is 4.31 Å². The zero-order chi connectivity index (χ0) is 25.2. The van der Waals surface area contributed by atoms with E-state index in [1.807, 2.05) is 20.8 Å². The molecule has 2 aromatic carbocycles. The van der Waals surface area contributed by atoms with E-state index in [-0.39, 0.29) is 11.7 Å². The predicted molar refractivity (Wildman–Crippen MR) is 135 cm³/mol. The van der Waals surface area contributed by atoms with Gasteiger partial charge in [-0.2, -0.15) is 8.42 Å². The highest BCUT2D eigenvalue weighted by atomic mass is 32.2. The molecular formula is C25H33FN4O4S. The lowest BCUT2D eigenvalue weighted by molar-refractivity contribution is 0.0479. The minimum atomic E-state index is -3.96. The first-order valence-electron chi connectivity index (χ1n) is 11.9. The second-order valence-electron chi connectivity index (χ2n) is 9.90. The average molecular weight is 505 g/mol. The van der Waals surface area contributed by atoms with Crippen LogP contribution in [0, 0.1) is 5.82 Å². The maximum atomic E-state index is 14.5. The number of para-hydroxylation sites is 3. The summed E-state index contributed by atoms with van der Waals surface area (Å²) in [5, 5.41) is 2.93. The first-order chi connectivity index (χ1) is 16.6. The molecule has 0 bridgehead atoms. The van der Waals surface area contributed by atoms with E-state index in [1.165, 1.54) is 22.5 Å². The number of rotatable bonds is 6. The van der Waals surface area contributed by atoms with Crippen molar-refractivity contribution < 1.29 is 22.3 Å². The zero-order valence-electron chi connectivity index (χ0n) is 20.4. The number of amides is 1. The average Bonchev–Trinajstić information content (AvgIpc) is 3.00. The summed E-state index contributed by atoms with van der Waals surface area (Å²) in [6.45, 7) is 8.15. The molecule has 0 aromatic heterocycles. The second-order valence-corrected chi connectivity index (χ2v) is 11.6. The third-order valence-corrected chi connectivity index (χ3v) is 7.88. The van der Waals surface area contributed by atoms with Crippen LogP contribution in [0.25, 0.3) is 0 Å². The molecular weight excluding hydrogens is 471 g/mol. The van der Waals surface area contributed by atoms with Crippen molar-refractivity contribution in [2.24, 2.45) is 0 Å². The van der Waals surface area contributed by atoms with Crippen LogP contribution in [0.3, 0.4) is 0 Å². The van der Waals surface area contributed by atoms with Crippen LogP contribution in [0.15, 0.2) is 48.5 Å². The van der Waals surface area contributed by atoms with Crippen LogP contribution in [0.1, 0.15) is 40.0 Å². The summed E-state index contributed by atoms with van der Waals surface area (Å²) in [5.41, 5.74) is 0.492. The number of nitrogens with zero attached hydrogens (tertiary/aromatic N) is 3. The molecule has 0 atom stereocenters. The monoisotopic (exact) mass is 504 g/mol. The number of nitrogens with one attached hydrogen (secondary N) is 1. The van der Waals surface area contributed by atoms with E-state index in [0.29, 0.717) is 24.3 Å². The zero-order valence-corrected chi connectivity index (χ0v) is 21.2. The highest BCUT2D eigenvalue weighted by molar-refractivity contribution is 7.95. The minimum absolute atomic E-state index is 0.0157. The largest absolute Gasteiger partial charge is 0.444 e. The second kappa shape index (κ2) is 10.0. The molecule has 10 heteroatoms. The van der Waals surface area contributed by atoms with Gasteiger partial charge in [0.2, 0.25) is 0 Å². The smallest absolute Gasteiger partial charge is 0.407 e. The number of halogens is 1. The standard InChI is InChI=1S/C25H33FN4O4S/c1-25(2,3)34-24(31)27-19-13-17-28(18-14-19)15-8-16-29-22-11-6-7-12-23(22)30(35(29,32)33)21-10-5-4-9-20(21)26/h4-7,9-12,19H,8,13-18H2,1-3H3,(H,27,31). The van der Waals surface area contributed by atoms with Crippen LogP contribution in [0.5, 0.6) is 0 Å². The lowest BCUT2D eigenvalue weighted by atomic mass is 10.1. The first-order valence-corrected chi connectivity index (χ1v) is 13.3. The summed E-state index contributed by atoms with van der Waals surface area (Å²) in [6.07, 6.45) is 1.85. The van der Waals surface area contributed by atoms with Crippen LogP contribution in [-0.2, 0) is 14.9 Å². The molecule has 190 valence electrons. The fraction of sp³-hybridized carbons (Fsp3) is 0.480. The van der Waals surface area contributed by atoms with Gasteiger partial charge in [0.25, 0.3) is 0 Å². The molecule has 0 radical (unpaired) electrons. The summed E-state index contributed by atoms with van der Waals surface area (Å²) < 4.78 is 49.2. The number of benzene rings is 2. The Balaban J connectivity index is 1.34. The Bertz CT molecular complexity index is 1160. The molecule has 0 aliphatic carbocycles. The van der Waals surface area contributed by atoms with Crippen molar-refractivity contribution in [1.29, 1.82) is 0 Å². The predicted octanol–water partition coefficient (Wildman–Crippen LogP) is 4.41. The van der Waals surface area contributed by atoms with E-state index in [9.17, 15) is 17.6 Å². The lowest BCUT2D eigenvalue weighted by Crippen LogP contribution is -2.46. The topological polar surface area (TPSA) is 82.2 Å². The number of ether oxygens (including phenoxy) is 1. The summed E-state index contributed by atoms with van der Waals surface area (Å²) >= 11 is 0. The van der Waals surface area contributed by atoms with E-state index in [0.717, 1.165) is 36.8 Å². The molecule has 2 aromatic rings. The number of anilines is 3. The van der Waals surface area contributed by atoms with Gasteiger partial charge < -0.3 is 15.0 Å². The van der Waals surface area contributed by atoms with Crippen molar-refractivity contribution in [2.45, 2.75) is 51.7 Å². The van der Waals surface area contributed by atoms with Gasteiger partial charge in [-0.25, -0.2) is 13.5 Å². The van der Waals surface area contributed by atoms with Crippen LogP contribution < -0.4 is 13.9 Å². The number of likely N-dealkylation sites (tertiary alicyclic amines) is 1. The van der Waals surface area contributed by atoms with Gasteiger partial charge in [-0.1, -0.05) is 24.3 Å². The quantitative estimate of drug-likeness (QED) is 0.630. The molecule has 1 fully saturated rings. The molecule has 2 aliphatic rings. The van der Waals surface area contributed by atoms with Crippen LogP contribution in [0.4, 0.5) is 26.2 Å². The van der Waals surface area contributed by atoms with Crippen molar-refractivity contribution in [3.8, 4) is 0 Å². The van der Waals surface area contributed by atoms with Crippen LogP contribution >= 0.6 is 0 Å². The van der Waals surface area contributed by atoms with Gasteiger partial charge in [-0.15, -0.1) is 0 Å². The van der Waals surface area contributed by atoms with Gasteiger partial charge in [-0.05, 0) is 70.8 Å². The van der Waals surface area contributed by atoms with E-state index in [2.05, 4.69) is 10.2 Å². The highest BCUT2D eigenvalue weighted by Crippen LogP contribution is 2.45. The number of fused-ring (bicyclic) bond motifs is 1. The molecule has 2 aliphatic heterocycles. The van der Waals surface area contributed by atoms with Crippen LogP contribution in [0.2, 0.25) is 0 Å². The van der Waals surface area contributed by atoms with Gasteiger partial charge >= 0.3 is 16.3 Å². The molecule has 35 heavy (non-hydrogen) atoms. The van der Waals surface area contributed by atoms with Crippen LogP contribution in [-0.4, -0.2) is 57.2 Å². The van der Waals surface area contributed by atoms with Crippen molar-refractivity contribution in [1.82, 2.24) is 10.2 Å². The van der Waals surface area contributed by atoms with Gasteiger partial charge in [0.1, 0.15) is 11.4 Å². The third-order valence-electron chi connectivity index (χ3n) is 6.09. The lowest BCUT2D eigenvalue weighted by Gasteiger charge is -2.33. The highest BCUT2D eigenvalue weighted by Gasteiger charge is 2.41. The van der Waals surface area contributed by atoms with E-state index in [1.54, 1.807) is 30.3 Å². The normalized spacial score (nSPS) is 18.4. The molecule has 1 N–H and O–H groups in total. The summed E-state index contributed by atoms with van der Waals surface area (Å²) in [4.78, 5) is 14.3. The van der Waals surface area contributed by atoms with Crippen molar-refractivity contribution >= 4 is 33.4 Å². The molecule has 1 saturated heterocycles. The molecule has 0 unspecified atom stereocenters. The molecule has 0 spiro atoms. The minimum Gasteiger partial charge on any atom is -0.444 e. The number of piperidine rings is 1. The summed E-state index contributed by atoms with van der Waals surface area (Å²) in [7, 11) is -3.96. The summed E-state index contributed by atoms with van der Waals surface area (Å²) in [6, 6.07) is 13.0. The Morgan fingerprint density at radius 1 is 1.00 bits per heavy atom. The summed E-state index contributed by atoms with van der Waals surface area (Å²) in [5.74, 6) is -0.587. The van der Waals surface area contributed by atoms with Gasteiger partial charge in [0.05, 0.1) is 17.1 Å². The molecule has 8 nitrogen and oxygen atoms in total. The van der Waals surface area contributed by atoms with Crippen molar-refractivity contribution in [3.63, 3.8) is 0 Å². The van der Waals surface area contributed by atoms with E-state index in [4.69, 9.17) is 4.74 Å². The number of alkyl carbamates (subject to hydrolysis) is 1. The third kappa shape index (κ3) is 5.70. The Labute approximate surface area is 206 Å². The molecule has 0 saturated carbocycles. The first kappa shape index (κ1) is 25.2. The van der Waals surface area contributed by atoms with Gasteiger partial charge in [0, 0.05) is 25.7 Å². The molecule has 1 amide bonds. The van der Waals surface area contributed by atoms with Crippen molar-refractivity contribution in [3.05, 3.63) is 54.3 Å². The Hall–Kier alpha value is -2.85. The maximum Gasteiger partial charge on any atom is 0.407 e. The maximum absolute atomic E-state index is 14.5. The van der Waals surface area contributed by atoms with E-state index < -0.39 is 27.7 Å². The Morgan fingerprint density at radius 2 is 1.60 bits per heavy atom. The number of hydrogen-bond donors (Lipinski definition) is 1. The number of hydrogen-bond acceptors (Lipinski definition) is 5. The fourth-order valence-electron chi connectivity index (χ4n) is 4.51. The number of carbonyl (C=O) groups excluding carboxylic acids is 1. The fourth-order valence-corrected chi connectivity index (χ4v) is 6.27. The number of carbonyl (C=O) groups is 1. The Kier molecular flexibility index (Phi) is 7.23. The van der Waals surface area contributed by atoms with Gasteiger partial charge in [0.15, 0.2) is 0 Å².